The molecule has 0 unspecified atom stereocenters. The molecule has 0 spiro atoms. The third-order valence-corrected chi connectivity index (χ3v) is 4.12. The van der Waals surface area contributed by atoms with Gasteiger partial charge in [-0.1, -0.05) is 60.1 Å². The van der Waals surface area contributed by atoms with Gasteiger partial charge >= 0.3 is 0 Å². The normalized spacial score (nSPS) is 10.6. The van der Waals surface area contributed by atoms with Crippen molar-refractivity contribution >= 4 is 19.3 Å². The van der Waals surface area contributed by atoms with Gasteiger partial charge in [0.2, 0.25) is 5.95 Å². The molecule has 26 heavy (non-hydrogen) atoms. The number of H-pyrrole nitrogens is 1. The van der Waals surface area contributed by atoms with Crippen LogP contribution in [0.4, 0.5) is 5.95 Å². The van der Waals surface area contributed by atoms with E-state index in [0.717, 1.165) is 33.7 Å². The van der Waals surface area contributed by atoms with Gasteiger partial charge in [-0.25, -0.2) is 4.98 Å². The smallest absolute Gasteiger partial charge is 0.243 e. The zero-order valence-electron chi connectivity index (χ0n) is 14.3. The van der Waals surface area contributed by atoms with Crippen LogP contribution in [0.2, 0.25) is 0 Å². The summed E-state index contributed by atoms with van der Waals surface area (Å²) in [6, 6.07) is 20.2. The SMILES string of the molecule is Bc1ccccc1-c1cnnc(NCc2cc(-c3ccccc3)[nH]n2)n1. The van der Waals surface area contributed by atoms with Crippen LogP contribution in [0.5, 0.6) is 0 Å². The van der Waals surface area contributed by atoms with E-state index in [0.29, 0.717) is 12.5 Å². The van der Waals surface area contributed by atoms with E-state index in [1.165, 1.54) is 0 Å². The third kappa shape index (κ3) is 3.46. The minimum atomic E-state index is 0.481. The Morgan fingerprint density at radius 1 is 1.00 bits per heavy atom. The lowest BCUT2D eigenvalue weighted by Crippen LogP contribution is -2.09. The van der Waals surface area contributed by atoms with Crippen LogP contribution in [-0.4, -0.2) is 33.2 Å². The van der Waals surface area contributed by atoms with Gasteiger partial charge in [0.25, 0.3) is 0 Å². The summed E-state index contributed by atoms with van der Waals surface area (Å²) in [4.78, 5) is 4.56. The highest BCUT2D eigenvalue weighted by Gasteiger charge is 2.07. The first-order chi connectivity index (χ1) is 12.8. The Labute approximate surface area is 152 Å². The number of nitrogens with zero attached hydrogens (tertiary/aromatic N) is 4. The van der Waals surface area contributed by atoms with E-state index in [9.17, 15) is 0 Å². The van der Waals surface area contributed by atoms with Gasteiger partial charge in [-0.05, 0) is 17.2 Å². The van der Waals surface area contributed by atoms with E-state index in [1.54, 1.807) is 6.20 Å². The van der Waals surface area contributed by atoms with Crippen molar-refractivity contribution in [1.29, 1.82) is 0 Å². The minimum absolute atomic E-state index is 0.481. The Morgan fingerprint density at radius 2 is 1.81 bits per heavy atom. The average molecular weight is 340 g/mol. The largest absolute Gasteiger partial charge is 0.347 e. The Balaban J connectivity index is 1.48. The predicted molar refractivity (Wildman–Crippen MR) is 105 cm³/mol. The Hall–Kier alpha value is -3.48. The van der Waals surface area contributed by atoms with Crippen LogP contribution in [-0.2, 0) is 6.54 Å². The molecule has 2 aromatic carbocycles. The highest BCUT2D eigenvalue weighted by Crippen LogP contribution is 2.18. The molecule has 0 aliphatic heterocycles. The number of rotatable bonds is 5. The number of benzene rings is 2. The van der Waals surface area contributed by atoms with Crippen molar-refractivity contribution in [3.05, 3.63) is 72.6 Å². The molecular weight excluding hydrogens is 323 g/mol. The summed E-state index contributed by atoms with van der Waals surface area (Å²) in [7, 11) is 2.05. The quantitative estimate of drug-likeness (QED) is 0.542. The van der Waals surface area contributed by atoms with Gasteiger partial charge in [0, 0.05) is 0 Å². The minimum Gasteiger partial charge on any atom is -0.347 e. The Kier molecular flexibility index (Phi) is 4.43. The fraction of sp³-hybridized carbons (Fsp3) is 0.0526. The Morgan fingerprint density at radius 3 is 2.65 bits per heavy atom. The molecule has 4 rings (SSSR count). The standard InChI is InChI=1S/C19H17BN6/c20-16-9-5-4-8-15(16)18-12-22-26-19(23-18)21-11-14-10-17(25-24-14)13-6-2-1-3-7-13/h1-10,12H,11,20H2,(H,24,25)(H,21,23,26). The molecule has 0 fully saturated rings. The monoisotopic (exact) mass is 340 g/mol. The van der Waals surface area contributed by atoms with E-state index in [2.05, 4.69) is 44.6 Å². The van der Waals surface area contributed by atoms with Gasteiger partial charge in [-0.3, -0.25) is 5.10 Å². The van der Waals surface area contributed by atoms with Gasteiger partial charge in [-0.15, -0.1) is 5.10 Å². The molecule has 0 atom stereocenters. The van der Waals surface area contributed by atoms with E-state index in [-0.39, 0.29) is 0 Å². The molecule has 0 aliphatic rings. The molecule has 7 heteroatoms. The van der Waals surface area contributed by atoms with Gasteiger partial charge < -0.3 is 5.32 Å². The zero-order chi connectivity index (χ0) is 17.8. The van der Waals surface area contributed by atoms with Gasteiger partial charge in [0.15, 0.2) is 0 Å². The van der Waals surface area contributed by atoms with Crippen molar-refractivity contribution in [3.8, 4) is 22.5 Å². The summed E-state index contributed by atoms with van der Waals surface area (Å²) < 4.78 is 0. The summed E-state index contributed by atoms with van der Waals surface area (Å²) in [6.07, 6.45) is 1.68. The number of anilines is 1. The molecule has 0 bridgehead atoms. The van der Waals surface area contributed by atoms with Crippen molar-refractivity contribution in [2.45, 2.75) is 6.54 Å². The van der Waals surface area contributed by atoms with Gasteiger partial charge in [0.1, 0.15) is 7.85 Å². The Bertz CT molecular complexity index is 1020. The van der Waals surface area contributed by atoms with Crippen molar-refractivity contribution in [1.82, 2.24) is 25.4 Å². The maximum Gasteiger partial charge on any atom is 0.243 e. The summed E-state index contributed by atoms with van der Waals surface area (Å²) >= 11 is 0. The fourth-order valence-electron chi connectivity index (χ4n) is 2.76. The summed E-state index contributed by atoms with van der Waals surface area (Å²) in [5.74, 6) is 0.481. The second-order valence-corrected chi connectivity index (χ2v) is 5.97. The second kappa shape index (κ2) is 7.19. The molecule has 0 saturated carbocycles. The van der Waals surface area contributed by atoms with Crippen molar-refractivity contribution in [2.75, 3.05) is 5.32 Å². The van der Waals surface area contributed by atoms with E-state index in [4.69, 9.17) is 0 Å². The molecule has 4 aromatic rings. The topological polar surface area (TPSA) is 79.4 Å². The van der Waals surface area contributed by atoms with Crippen molar-refractivity contribution in [3.63, 3.8) is 0 Å². The van der Waals surface area contributed by atoms with Gasteiger partial charge in [0.05, 0.1) is 29.8 Å². The molecule has 6 nitrogen and oxygen atoms in total. The first-order valence-corrected chi connectivity index (χ1v) is 8.39. The van der Waals surface area contributed by atoms with E-state index >= 15 is 0 Å². The lowest BCUT2D eigenvalue weighted by atomic mass is 9.89. The number of nitrogens with one attached hydrogen (secondary N) is 2. The molecule has 2 N–H and O–H groups in total. The molecule has 0 radical (unpaired) electrons. The maximum absolute atomic E-state index is 4.56. The van der Waals surface area contributed by atoms with E-state index in [1.807, 2.05) is 54.6 Å². The lowest BCUT2D eigenvalue weighted by Gasteiger charge is -2.06. The predicted octanol–water partition coefficient (Wildman–Crippen LogP) is 1.80. The first kappa shape index (κ1) is 16.0. The second-order valence-electron chi connectivity index (χ2n) is 5.97. The maximum atomic E-state index is 4.56. The van der Waals surface area contributed by atoms with Crippen LogP contribution >= 0.6 is 0 Å². The highest BCUT2D eigenvalue weighted by atomic mass is 15.2. The highest BCUT2D eigenvalue weighted by molar-refractivity contribution is 6.35. The summed E-state index contributed by atoms with van der Waals surface area (Å²) in [6.45, 7) is 0.516. The molecular formula is C19H17BN6. The molecule has 0 saturated heterocycles. The number of hydrogen-bond acceptors (Lipinski definition) is 5. The van der Waals surface area contributed by atoms with Crippen LogP contribution < -0.4 is 10.8 Å². The molecule has 126 valence electrons. The molecule has 2 heterocycles. The summed E-state index contributed by atoms with van der Waals surface area (Å²) in [5.41, 5.74) is 5.97. The van der Waals surface area contributed by atoms with E-state index < -0.39 is 0 Å². The van der Waals surface area contributed by atoms with Crippen LogP contribution in [0.15, 0.2) is 66.9 Å². The summed E-state index contributed by atoms with van der Waals surface area (Å²) in [5, 5.41) is 18.7. The molecule has 2 aromatic heterocycles. The number of aromatic nitrogens is 5. The van der Waals surface area contributed by atoms with Crippen molar-refractivity contribution < 1.29 is 0 Å². The third-order valence-electron chi connectivity index (χ3n) is 4.12. The number of aromatic amines is 1. The molecule has 0 aliphatic carbocycles. The first-order valence-electron chi connectivity index (χ1n) is 8.39. The van der Waals surface area contributed by atoms with Crippen LogP contribution in [0.25, 0.3) is 22.5 Å². The molecule has 0 amide bonds. The number of hydrogen-bond donors (Lipinski definition) is 2. The van der Waals surface area contributed by atoms with Crippen LogP contribution in [0, 0.1) is 0 Å². The van der Waals surface area contributed by atoms with Crippen LogP contribution in [0.3, 0.4) is 0 Å². The van der Waals surface area contributed by atoms with Gasteiger partial charge in [-0.2, -0.15) is 10.2 Å². The lowest BCUT2D eigenvalue weighted by molar-refractivity contribution is 0.923. The average Bonchev–Trinajstić information content (AvgIpc) is 3.17. The van der Waals surface area contributed by atoms with Crippen LogP contribution in [0.1, 0.15) is 5.69 Å². The fourth-order valence-corrected chi connectivity index (χ4v) is 2.76. The van der Waals surface area contributed by atoms with Crippen molar-refractivity contribution in [2.24, 2.45) is 0 Å². The zero-order valence-corrected chi connectivity index (χ0v) is 14.3.